The Bertz CT molecular complexity index is 970. The normalized spacial score (nSPS) is 22.4. The molecule has 2 aromatic carbocycles. The molecule has 2 saturated heterocycles. The number of benzene rings is 2. The van der Waals surface area contributed by atoms with E-state index in [4.69, 9.17) is 4.74 Å². The highest BCUT2D eigenvalue weighted by Crippen LogP contribution is 2.49. The minimum Gasteiger partial charge on any atom is -0.459 e. The number of nitrogens with zero attached hydrogens (tertiary/aromatic N) is 2. The zero-order valence-electron chi connectivity index (χ0n) is 15.6. The minimum absolute atomic E-state index is 0.00872. The molecule has 7 nitrogen and oxygen atoms in total. The zero-order chi connectivity index (χ0) is 21.3. The molecule has 0 aliphatic carbocycles. The number of nitro benzene ring substituents is 1. The number of fused-ring (bicyclic) bond motifs is 1. The first kappa shape index (κ1) is 21.2. The highest BCUT2D eigenvalue weighted by Gasteiger charge is 2.55. The molecule has 4 rings (SSSR count). The molecule has 0 aromatic heterocycles. The average Bonchev–Trinajstić information content (AvgIpc) is 3.04. The number of nitro groups is 1. The van der Waals surface area contributed by atoms with Crippen LogP contribution in [0.3, 0.4) is 0 Å². The largest absolute Gasteiger partial charge is 0.459 e. The molecular formula is C20H17BrN2O5S2. The Morgan fingerprint density at radius 2 is 1.87 bits per heavy atom. The third kappa shape index (κ3) is 4.50. The van der Waals surface area contributed by atoms with Crippen LogP contribution in [0.5, 0.6) is 0 Å². The van der Waals surface area contributed by atoms with Gasteiger partial charge >= 0.3 is 5.97 Å². The van der Waals surface area contributed by atoms with Crippen LogP contribution in [0.4, 0.5) is 5.69 Å². The van der Waals surface area contributed by atoms with Crippen LogP contribution in [0.1, 0.15) is 17.5 Å². The summed E-state index contributed by atoms with van der Waals surface area (Å²) in [6.45, 7) is 0.00872. The fourth-order valence-corrected chi connectivity index (χ4v) is 6.74. The number of hydrogen-bond donors (Lipinski definition) is 0. The Morgan fingerprint density at radius 3 is 2.50 bits per heavy atom. The fraction of sp³-hybridized carbons (Fsp3) is 0.300. The van der Waals surface area contributed by atoms with Crippen molar-refractivity contribution in [3.05, 3.63) is 74.2 Å². The summed E-state index contributed by atoms with van der Waals surface area (Å²) in [6, 6.07) is 13.3. The van der Waals surface area contributed by atoms with E-state index in [1.54, 1.807) is 40.6 Å². The van der Waals surface area contributed by atoms with Gasteiger partial charge in [-0.2, -0.15) is 0 Å². The Morgan fingerprint density at radius 1 is 1.20 bits per heavy atom. The smallest absolute Gasteiger partial charge is 0.331 e. The van der Waals surface area contributed by atoms with E-state index in [0.29, 0.717) is 12.0 Å². The van der Waals surface area contributed by atoms with E-state index in [0.717, 1.165) is 15.8 Å². The summed E-state index contributed by atoms with van der Waals surface area (Å²) in [6.07, 6.45) is 0.451. The van der Waals surface area contributed by atoms with Crippen LogP contribution in [0.15, 0.2) is 53.0 Å². The third-order valence-corrected chi connectivity index (χ3v) is 8.48. The lowest BCUT2D eigenvalue weighted by molar-refractivity contribution is -0.384. The van der Waals surface area contributed by atoms with Crippen molar-refractivity contribution in [3.63, 3.8) is 0 Å². The van der Waals surface area contributed by atoms with Crippen LogP contribution in [-0.4, -0.2) is 37.7 Å². The topological polar surface area (TPSA) is 89.7 Å². The highest BCUT2D eigenvalue weighted by molar-refractivity contribution is 9.10. The minimum atomic E-state index is -0.625. The monoisotopic (exact) mass is 508 g/mol. The molecule has 0 unspecified atom stereocenters. The van der Waals surface area contributed by atoms with Crippen molar-refractivity contribution in [1.29, 1.82) is 0 Å². The maximum absolute atomic E-state index is 12.8. The molecule has 156 valence electrons. The van der Waals surface area contributed by atoms with E-state index < -0.39 is 16.9 Å². The molecule has 3 atom stereocenters. The highest BCUT2D eigenvalue weighted by atomic mass is 79.9. The predicted octanol–water partition coefficient (Wildman–Crippen LogP) is 4.33. The summed E-state index contributed by atoms with van der Waals surface area (Å²) in [5.41, 5.74) is 1.78. The summed E-state index contributed by atoms with van der Waals surface area (Å²) in [7, 11) is 0. The molecule has 30 heavy (non-hydrogen) atoms. The molecule has 0 bridgehead atoms. The van der Waals surface area contributed by atoms with Gasteiger partial charge in [-0.05, 0) is 35.4 Å². The molecule has 0 radical (unpaired) electrons. The molecule has 2 aliphatic rings. The van der Waals surface area contributed by atoms with Crippen LogP contribution in [0.2, 0.25) is 0 Å². The predicted molar refractivity (Wildman–Crippen MR) is 119 cm³/mol. The van der Waals surface area contributed by atoms with E-state index in [9.17, 15) is 19.7 Å². The lowest BCUT2D eigenvalue weighted by Crippen LogP contribution is -2.55. The lowest BCUT2D eigenvalue weighted by Gasteiger charge is -2.36. The van der Waals surface area contributed by atoms with Gasteiger partial charge in [0.05, 0.1) is 21.3 Å². The van der Waals surface area contributed by atoms with Crippen molar-refractivity contribution >= 4 is 57.0 Å². The van der Waals surface area contributed by atoms with Gasteiger partial charge < -0.3 is 9.64 Å². The van der Waals surface area contributed by atoms with Crippen molar-refractivity contribution in [2.75, 3.05) is 0 Å². The second-order valence-corrected chi connectivity index (χ2v) is 10.5. The van der Waals surface area contributed by atoms with Gasteiger partial charge in [-0.3, -0.25) is 14.9 Å². The third-order valence-electron chi connectivity index (χ3n) is 4.89. The first-order valence-electron chi connectivity index (χ1n) is 9.15. The second kappa shape index (κ2) is 8.99. The molecule has 0 saturated carbocycles. The van der Waals surface area contributed by atoms with Crippen LogP contribution in [-0.2, 0) is 26.7 Å². The number of β-lactam (4-membered cyclic amide) rings is 1. The van der Waals surface area contributed by atoms with Crippen LogP contribution >= 0.6 is 39.5 Å². The molecule has 10 heteroatoms. The van der Waals surface area contributed by atoms with Gasteiger partial charge in [0.15, 0.2) is 6.04 Å². The zero-order valence-corrected chi connectivity index (χ0v) is 18.8. The maximum atomic E-state index is 12.8. The van der Waals surface area contributed by atoms with Gasteiger partial charge in [-0.1, -0.05) is 28.1 Å². The quantitative estimate of drug-likeness (QED) is 0.238. The number of thioether (sulfide) groups is 2. The van der Waals surface area contributed by atoms with Gasteiger partial charge in [0.2, 0.25) is 5.91 Å². The molecule has 2 aliphatic heterocycles. The number of rotatable bonds is 7. The van der Waals surface area contributed by atoms with Crippen molar-refractivity contribution in [3.8, 4) is 0 Å². The molecule has 2 fully saturated rings. The number of halogens is 1. The number of non-ortho nitro benzene ring substituents is 1. The van der Waals surface area contributed by atoms with Crippen LogP contribution < -0.4 is 0 Å². The number of carbonyl (C=O) groups is 2. The first-order chi connectivity index (χ1) is 14.4. The van der Waals surface area contributed by atoms with Gasteiger partial charge in [-0.15, -0.1) is 23.5 Å². The van der Waals surface area contributed by atoms with Crippen molar-refractivity contribution in [1.82, 2.24) is 4.90 Å². The van der Waals surface area contributed by atoms with E-state index in [2.05, 4.69) is 15.9 Å². The van der Waals surface area contributed by atoms with Crippen molar-refractivity contribution < 1.29 is 19.2 Å². The van der Waals surface area contributed by atoms with Gasteiger partial charge in [0, 0.05) is 22.4 Å². The second-order valence-electron chi connectivity index (χ2n) is 6.88. The number of amides is 1. The van der Waals surface area contributed by atoms with Gasteiger partial charge in [0.1, 0.15) is 6.61 Å². The van der Waals surface area contributed by atoms with Gasteiger partial charge in [0.25, 0.3) is 5.69 Å². The maximum Gasteiger partial charge on any atom is 0.331 e. The van der Waals surface area contributed by atoms with Crippen LogP contribution in [0.25, 0.3) is 0 Å². The van der Waals surface area contributed by atoms with E-state index in [1.165, 1.54) is 12.1 Å². The molecule has 0 N–H and O–H groups in total. The number of hydrogen-bond acceptors (Lipinski definition) is 7. The molecule has 0 spiro atoms. The fourth-order valence-electron chi connectivity index (χ4n) is 3.28. The Labute approximate surface area is 189 Å². The number of esters is 1. The Balaban J connectivity index is 1.39. The van der Waals surface area contributed by atoms with E-state index >= 15 is 0 Å². The molecular weight excluding hydrogens is 492 g/mol. The Kier molecular flexibility index (Phi) is 6.35. The summed E-state index contributed by atoms with van der Waals surface area (Å²) >= 11 is 6.69. The van der Waals surface area contributed by atoms with Crippen LogP contribution in [0, 0.1) is 10.1 Å². The standard InChI is InChI=1S/C20H17BrN2O5S2/c21-14-5-1-13(2-6-14)11-29-20-18(22-16(24)9-17(22)30-20)19(25)28-10-12-3-7-15(8-4-12)23(26)27/h1-8,17-18,20H,9-11H2/t17-,18+,20-/m1/s1. The number of ether oxygens (including phenoxy) is 1. The summed E-state index contributed by atoms with van der Waals surface area (Å²) < 4.78 is 6.38. The molecule has 2 aromatic rings. The summed E-state index contributed by atoms with van der Waals surface area (Å²) in [5, 5.41) is 10.8. The SMILES string of the molecule is O=C(OCc1ccc([N+](=O)[O-])cc1)[C@H]1[C@H](SCc2ccc(Br)cc2)S[C@@H]2CC(=O)N21. The molecule has 2 heterocycles. The number of carbonyl (C=O) groups excluding carboxylic acids is 2. The van der Waals surface area contributed by atoms with Crippen molar-refractivity contribution in [2.45, 2.75) is 34.8 Å². The summed E-state index contributed by atoms with van der Waals surface area (Å²) in [4.78, 5) is 36.8. The van der Waals surface area contributed by atoms with Gasteiger partial charge in [-0.25, -0.2) is 4.79 Å². The average molecular weight is 509 g/mol. The van der Waals surface area contributed by atoms with E-state index in [-0.39, 0.29) is 28.2 Å². The lowest BCUT2D eigenvalue weighted by atomic mass is 10.1. The van der Waals surface area contributed by atoms with Crippen molar-refractivity contribution in [2.24, 2.45) is 0 Å². The first-order valence-corrected chi connectivity index (χ1v) is 11.9. The van der Waals surface area contributed by atoms with E-state index in [1.807, 2.05) is 24.3 Å². The summed E-state index contributed by atoms with van der Waals surface area (Å²) in [5.74, 6) is 0.257. The Hall–Kier alpha value is -2.04. The molecule has 1 amide bonds.